The van der Waals surface area contributed by atoms with Gasteiger partial charge in [-0.2, -0.15) is 0 Å². The second-order valence-corrected chi connectivity index (χ2v) is 7.00. The first-order valence-corrected chi connectivity index (χ1v) is 7.92. The third kappa shape index (κ3) is 1.52. The molecule has 1 aromatic rings. The summed E-state index contributed by atoms with van der Waals surface area (Å²) in [5, 5.41) is 0. The van der Waals surface area contributed by atoms with E-state index in [9.17, 15) is 18.8 Å². The number of carbonyl (C=O) groups excluding carboxylic acids is 3. The van der Waals surface area contributed by atoms with Gasteiger partial charge in [-0.15, -0.1) is 0 Å². The SMILES string of the molecule is O=Cc1ccc(N2C(=O)[C@@H]3[C@H](C2=O)C2C=C[C@H]3C3C[C@@H]23)c(F)c1. The van der Waals surface area contributed by atoms with E-state index in [0.717, 1.165) is 17.4 Å². The zero-order chi connectivity index (χ0) is 15.9. The van der Waals surface area contributed by atoms with Crippen LogP contribution in [0.25, 0.3) is 0 Å². The molecule has 2 saturated carbocycles. The molecule has 116 valence electrons. The van der Waals surface area contributed by atoms with Crippen molar-refractivity contribution < 1.29 is 18.8 Å². The summed E-state index contributed by atoms with van der Waals surface area (Å²) >= 11 is 0. The average molecular weight is 311 g/mol. The predicted octanol–water partition coefficient (Wildman–Crippen LogP) is 2.20. The van der Waals surface area contributed by atoms with E-state index in [1.807, 2.05) is 0 Å². The molecule has 23 heavy (non-hydrogen) atoms. The van der Waals surface area contributed by atoms with Gasteiger partial charge in [-0.3, -0.25) is 14.4 Å². The van der Waals surface area contributed by atoms with Gasteiger partial charge in [-0.1, -0.05) is 12.2 Å². The summed E-state index contributed by atoms with van der Waals surface area (Å²) < 4.78 is 14.3. The molecular weight excluding hydrogens is 297 g/mol. The molecule has 2 amide bonds. The van der Waals surface area contributed by atoms with Crippen molar-refractivity contribution >= 4 is 23.8 Å². The maximum atomic E-state index is 14.3. The smallest absolute Gasteiger partial charge is 0.238 e. The van der Waals surface area contributed by atoms with Gasteiger partial charge in [-0.25, -0.2) is 9.29 Å². The summed E-state index contributed by atoms with van der Waals surface area (Å²) in [7, 11) is 0. The zero-order valence-electron chi connectivity index (χ0n) is 12.2. The normalized spacial score (nSPS) is 39.4. The zero-order valence-corrected chi connectivity index (χ0v) is 12.2. The van der Waals surface area contributed by atoms with Gasteiger partial charge in [0.15, 0.2) is 0 Å². The second-order valence-electron chi connectivity index (χ2n) is 7.00. The van der Waals surface area contributed by atoms with Gasteiger partial charge in [0.25, 0.3) is 0 Å². The molecule has 0 radical (unpaired) electrons. The van der Waals surface area contributed by atoms with E-state index in [1.165, 1.54) is 12.1 Å². The van der Waals surface area contributed by atoms with Crippen LogP contribution in [0.5, 0.6) is 0 Å². The summed E-state index contributed by atoms with van der Waals surface area (Å²) in [6.07, 6.45) is 5.80. The first-order valence-electron chi connectivity index (χ1n) is 7.92. The largest absolute Gasteiger partial charge is 0.298 e. The van der Waals surface area contributed by atoms with E-state index in [2.05, 4.69) is 12.2 Å². The van der Waals surface area contributed by atoms with Crippen LogP contribution in [0.3, 0.4) is 0 Å². The fourth-order valence-electron chi connectivity index (χ4n) is 4.97. The van der Waals surface area contributed by atoms with Crippen LogP contribution in [0.2, 0.25) is 0 Å². The Morgan fingerprint density at radius 3 is 2.17 bits per heavy atom. The Morgan fingerprint density at radius 1 is 1.04 bits per heavy atom. The number of rotatable bonds is 2. The number of hydrogen-bond donors (Lipinski definition) is 0. The van der Waals surface area contributed by atoms with Crippen LogP contribution >= 0.6 is 0 Å². The van der Waals surface area contributed by atoms with E-state index in [-0.39, 0.29) is 46.7 Å². The van der Waals surface area contributed by atoms with Crippen molar-refractivity contribution in [3.8, 4) is 0 Å². The molecule has 4 nitrogen and oxygen atoms in total. The van der Waals surface area contributed by atoms with Gasteiger partial charge in [0.1, 0.15) is 12.1 Å². The lowest BCUT2D eigenvalue weighted by Gasteiger charge is -2.37. The van der Waals surface area contributed by atoms with Crippen LogP contribution in [0, 0.1) is 41.3 Å². The van der Waals surface area contributed by atoms with Crippen molar-refractivity contribution in [3.05, 3.63) is 41.7 Å². The highest BCUT2D eigenvalue weighted by molar-refractivity contribution is 6.22. The van der Waals surface area contributed by atoms with Gasteiger partial charge in [0.2, 0.25) is 11.8 Å². The summed E-state index contributed by atoms with van der Waals surface area (Å²) in [6, 6.07) is 3.84. The highest BCUT2D eigenvalue weighted by Crippen LogP contribution is 2.65. The number of amides is 2. The highest BCUT2D eigenvalue weighted by atomic mass is 19.1. The molecule has 4 aliphatic carbocycles. The molecule has 6 atom stereocenters. The number of halogens is 1. The van der Waals surface area contributed by atoms with Gasteiger partial charge >= 0.3 is 0 Å². The van der Waals surface area contributed by atoms with Gasteiger partial charge in [0.05, 0.1) is 17.5 Å². The number of benzene rings is 1. The number of allylic oxidation sites excluding steroid dienone is 2. The molecule has 5 heteroatoms. The minimum atomic E-state index is -0.708. The fourth-order valence-corrected chi connectivity index (χ4v) is 4.97. The topological polar surface area (TPSA) is 54.5 Å². The Hall–Kier alpha value is -2.30. The van der Waals surface area contributed by atoms with E-state index < -0.39 is 5.82 Å². The standard InChI is InChI=1S/C18H14FNO3/c19-13-5-8(7-21)1-4-14(13)20-17(22)15-9-2-3-10(12-6-11(9)12)16(15)18(20)23/h1-5,7,9-12,15-16H,6H2/t9-,10?,11?,12-,15-,16+/m0/s1. The number of nitrogens with zero attached hydrogens (tertiary/aromatic N) is 1. The maximum Gasteiger partial charge on any atom is 0.238 e. The quantitative estimate of drug-likeness (QED) is 0.478. The molecule has 0 aromatic heterocycles. The van der Waals surface area contributed by atoms with E-state index in [4.69, 9.17) is 0 Å². The van der Waals surface area contributed by atoms with Crippen LogP contribution in [0.1, 0.15) is 16.8 Å². The van der Waals surface area contributed by atoms with Crippen molar-refractivity contribution in [2.24, 2.45) is 35.5 Å². The average Bonchev–Trinajstić information content (AvgIpc) is 3.33. The lowest BCUT2D eigenvalue weighted by Crippen LogP contribution is -2.40. The number of anilines is 1. The van der Waals surface area contributed by atoms with Crippen molar-refractivity contribution in [1.29, 1.82) is 0 Å². The van der Waals surface area contributed by atoms with Crippen molar-refractivity contribution in [2.75, 3.05) is 4.90 Å². The summed E-state index contributed by atoms with van der Waals surface area (Å²) in [5.74, 6) is -0.693. The number of carbonyl (C=O) groups is 3. The molecule has 5 aliphatic rings. The molecule has 3 fully saturated rings. The predicted molar refractivity (Wildman–Crippen MR) is 79.0 cm³/mol. The first-order chi connectivity index (χ1) is 11.1. The summed E-state index contributed by atoms with van der Waals surface area (Å²) in [5.41, 5.74) is 0.152. The van der Waals surface area contributed by atoms with Crippen molar-refractivity contribution in [2.45, 2.75) is 6.42 Å². The van der Waals surface area contributed by atoms with Crippen LogP contribution in [-0.2, 0) is 9.59 Å². The fraction of sp³-hybridized carbons (Fsp3) is 0.389. The summed E-state index contributed by atoms with van der Waals surface area (Å²) in [4.78, 5) is 37.4. The number of aldehydes is 1. The van der Waals surface area contributed by atoms with Gasteiger partial charge in [-0.05, 0) is 48.3 Å². The lowest BCUT2D eigenvalue weighted by atomic mass is 9.63. The van der Waals surface area contributed by atoms with Gasteiger partial charge in [0, 0.05) is 5.56 Å². The third-order valence-electron chi connectivity index (χ3n) is 6.01. The monoisotopic (exact) mass is 311 g/mol. The summed E-state index contributed by atoms with van der Waals surface area (Å²) in [6.45, 7) is 0. The Balaban J connectivity index is 1.58. The molecular formula is C18H14FNO3. The van der Waals surface area contributed by atoms with Crippen LogP contribution < -0.4 is 4.90 Å². The van der Waals surface area contributed by atoms with Crippen LogP contribution in [0.4, 0.5) is 10.1 Å². The van der Waals surface area contributed by atoms with Gasteiger partial charge < -0.3 is 0 Å². The molecule has 6 rings (SSSR count). The van der Waals surface area contributed by atoms with Crippen molar-refractivity contribution in [3.63, 3.8) is 0 Å². The molecule has 0 spiro atoms. The number of hydrogen-bond acceptors (Lipinski definition) is 3. The Morgan fingerprint density at radius 2 is 1.65 bits per heavy atom. The minimum Gasteiger partial charge on any atom is -0.298 e. The lowest BCUT2D eigenvalue weighted by molar-refractivity contribution is -0.124. The minimum absolute atomic E-state index is 0.0342. The number of imide groups is 1. The molecule has 2 bridgehead atoms. The van der Waals surface area contributed by atoms with E-state index >= 15 is 0 Å². The molecule has 2 unspecified atom stereocenters. The molecule has 1 aliphatic heterocycles. The van der Waals surface area contributed by atoms with Crippen LogP contribution in [0.15, 0.2) is 30.4 Å². The molecule has 0 N–H and O–H groups in total. The Bertz CT molecular complexity index is 765. The second kappa shape index (κ2) is 4.16. The maximum absolute atomic E-state index is 14.3. The Labute approximate surface area is 132 Å². The Kier molecular flexibility index (Phi) is 2.38. The van der Waals surface area contributed by atoms with E-state index in [1.54, 1.807) is 0 Å². The molecule has 1 heterocycles. The van der Waals surface area contributed by atoms with Crippen molar-refractivity contribution in [1.82, 2.24) is 0 Å². The molecule has 1 aromatic carbocycles. The first kappa shape index (κ1) is 13.2. The van der Waals surface area contributed by atoms with Crippen LogP contribution in [-0.4, -0.2) is 18.1 Å². The third-order valence-corrected chi connectivity index (χ3v) is 6.01. The van der Waals surface area contributed by atoms with E-state index in [0.29, 0.717) is 18.1 Å². The molecule has 1 saturated heterocycles. The highest BCUT2D eigenvalue weighted by Gasteiger charge is 2.67.